The summed E-state index contributed by atoms with van der Waals surface area (Å²) in [5.74, 6) is -6.65. The second-order valence-electron chi connectivity index (χ2n) is 4.51. The highest BCUT2D eigenvalue weighted by Gasteiger charge is 2.71. The zero-order valence-corrected chi connectivity index (χ0v) is 10.8. The second-order valence-corrected chi connectivity index (χ2v) is 4.51. The minimum atomic E-state index is -6.06. The molecule has 0 aliphatic heterocycles. The van der Waals surface area contributed by atoms with Gasteiger partial charge in [0, 0.05) is 6.20 Å². The van der Waals surface area contributed by atoms with Gasteiger partial charge < -0.3 is 5.11 Å². The molecule has 0 saturated heterocycles. The van der Waals surface area contributed by atoms with Gasteiger partial charge in [0.25, 0.3) is 0 Å². The molecule has 0 aliphatic carbocycles. The Hall–Kier alpha value is -2.09. The summed E-state index contributed by atoms with van der Waals surface area (Å²) in [5.41, 5.74) is -5.74. The van der Waals surface area contributed by atoms with Gasteiger partial charge in [-0.1, -0.05) is 18.2 Å². The first-order chi connectivity index (χ1) is 10.1. The highest BCUT2D eigenvalue weighted by molar-refractivity contribution is 5.36. The number of benzene rings is 1. The minimum Gasteiger partial charge on any atom is -0.373 e. The van der Waals surface area contributed by atoms with Crippen molar-refractivity contribution in [2.24, 2.45) is 0 Å². The van der Waals surface area contributed by atoms with Gasteiger partial charge in [-0.15, -0.1) is 0 Å². The van der Waals surface area contributed by atoms with Gasteiger partial charge in [-0.25, -0.2) is 4.39 Å². The number of rotatable bonds is 3. The number of hydrogen-bond donors (Lipinski definition) is 1. The van der Waals surface area contributed by atoms with Crippen molar-refractivity contribution in [3.05, 3.63) is 65.7 Å². The van der Waals surface area contributed by atoms with Crippen molar-refractivity contribution in [1.82, 2.24) is 4.98 Å². The molecule has 0 saturated carbocycles. The zero-order chi connectivity index (χ0) is 16.6. The van der Waals surface area contributed by atoms with Crippen molar-refractivity contribution in [1.29, 1.82) is 0 Å². The summed E-state index contributed by atoms with van der Waals surface area (Å²) in [6.07, 6.45) is -5.11. The quantitative estimate of drug-likeness (QED) is 0.875. The number of hydrogen-bond acceptors (Lipinski definition) is 2. The van der Waals surface area contributed by atoms with Gasteiger partial charge in [-0.3, -0.25) is 4.98 Å². The SMILES string of the molecule is OC(c1cccc(F)c1)(c1ccccn1)C(F)(F)C(F)(F)F. The Labute approximate surface area is 121 Å². The summed E-state index contributed by atoms with van der Waals surface area (Å²) in [5, 5.41) is 10.2. The van der Waals surface area contributed by atoms with Crippen LogP contribution >= 0.6 is 0 Å². The van der Waals surface area contributed by atoms with Gasteiger partial charge in [0.2, 0.25) is 5.60 Å². The molecule has 0 amide bonds. The van der Waals surface area contributed by atoms with Gasteiger partial charge in [-0.2, -0.15) is 22.0 Å². The fraction of sp³-hybridized carbons (Fsp3) is 0.214. The molecule has 0 spiro atoms. The van der Waals surface area contributed by atoms with Crippen LogP contribution < -0.4 is 0 Å². The molecule has 0 fully saturated rings. The lowest BCUT2D eigenvalue weighted by atomic mass is 9.83. The van der Waals surface area contributed by atoms with E-state index in [1.165, 1.54) is 6.07 Å². The van der Waals surface area contributed by atoms with Crippen LogP contribution in [0, 0.1) is 5.82 Å². The Kier molecular flexibility index (Phi) is 3.90. The first kappa shape index (κ1) is 16.3. The van der Waals surface area contributed by atoms with Crippen LogP contribution in [0.5, 0.6) is 0 Å². The maximum atomic E-state index is 13.9. The smallest absolute Gasteiger partial charge is 0.373 e. The van der Waals surface area contributed by atoms with Crippen LogP contribution in [0.3, 0.4) is 0 Å². The summed E-state index contributed by atoms with van der Waals surface area (Å²) >= 11 is 0. The topological polar surface area (TPSA) is 33.1 Å². The number of pyridine rings is 1. The third-order valence-electron chi connectivity index (χ3n) is 3.09. The third-order valence-corrected chi connectivity index (χ3v) is 3.09. The Balaban J connectivity index is 2.76. The maximum Gasteiger partial charge on any atom is 0.457 e. The van der Waals surface area contributed by atoms with E-state index in [-0.39, 0.29) is 0 Å². The van der Waals surface area contributed by atoms with Gasteiger partial charge in [0.05, 0.1) is 5.69 Å². The average Bonchev–Trinajstić information content (AvgIpc) is 2.46. The van der Waals surface area contributed by atoms with Crippen LogP contribution in [-0.4, -0.2) is 22.2 Å². The second kappa shape index (κ2) is 5.28. The van der Waals surface area contributed by atoms with Crippen molar-refractivity contribution in [3.63, 3.8) is 0 Å². The van der Waals surface area contributed by atoms with E-state index < -0.39 is 34.8 Å². The van der Waals surface area contributed by atoms with Gasteiger partial charge >= 0.3 is 12.1 Å². The van der Waals surface area contributed by atoms with Crippen molar-refractivity contribution in [3.8, 4) is 0 Å². The monoisotopic (exact) mass is 321 g/mol. The Morgan fingerprint density at radius 3 is 2.09 bits per heavy atom. The van der Waals surface area contributed by atoms with E-state index in [0.29, 0.717) is 6.07 Å². The molecular weight excluding hydrogens is 312 g/mol. The first-order valence-electron chi connectivity index (χ1n) is 5.95. The summed E-state index contributed by atoms with van der Waals surface area (Å²) < 4.78 is 79.4. The predicted molar refractivity (Wildman–Crippen MR) is 64.6 cm³/mol. The molecule has 22 heavy (non-hydrogen) atoms. The fourth-order valence-electron chi connectivity index (χ4n) is 1.99. The molecular formula is C14H9F6NO. The molecule has 1 aromatic heterocycles. The average molecular weight is 321 g/mol. The number of halogens is 6. The van der Waals surface area contributed by atoms with Crippen LogP contribution in [0.15, 0.2) is 48.7 Å². The van der Waals surface area contributed by atoms with Gasteiger partial charge in [0.1, 0.15) is 5.82 Å². The van der Waals surface area contributed by atoms with E-state index in [0.717, 1.165) is 36.5 Å². The molecule has 8 heteroatoms. The Morgan fingerprint density at radius 2 is 1.59 bits per heavy atom. The normalized spacial score (nSPS) is 15.4. The number of aliphatic hydroxyl groups is 1. The third kappa shape index (κ3) is 2.43. The molecule has 0 bridgehead atoms. The highest BCUT2D eigenvalue weighted by atomic mass is 19.4. The van der Waals surface area contributed by atoms with Crippen LogP contribution in [-0.2, 0) is 5.60 Å². The number of nitrogens with zero attached hydrogens (tertiary/aromatic N) is 1. The summed E-state index contributed by atoms with van der Waals surface area (Å²) in [6, 6.07) is 6.19. The molecule has 1 atom stereocenters. The van der Waals surface area contributed by atoms with Crippen molar-refractivity contribution in [2.75, 3.05) is 0 Å². The van der Waals surface area contributed by atoms with Crippen molar-refractivity contribution in [2.45, 2.75) is 17.7 Å². The van der Waals surface area contributed by atoms with Crippen LogP contribution in [0.25, 0.3) is 0 Å². The largest absolute Gasteiger partial charge is 0.457 e. The van der Waals surface area contributed by atoms with E-state index in [2.05, 4.69) is 4.98 Å². The molecule has 0 radical (unpaired) electrons. The summed E-state index contributed by atoms with van der Waals surface area (Å²) in [6.45, 7) is 0. The molecule has 2 rings (SSSR count). The standard InChI is InChI=1S/C14H9F6NO/c15-10-5-3-4-9(8-10)12(22,11-6-1-2-7-21-11)13(16,17)14(18,19)20/h1-8,22H. The predicted octanol–water partition coefficient (Wildman–Crippen LogP) is 3.65. The van der Waals surface area contributed by atoms with Crippen LogP contribution in [0.1, 0.15) is 11.3 Å². The zero-order valence-electron chi connectivity index (χ0n) is 10.8. The minimum absolute atomic E-state index is 0.411. The summed E-state index contributed by atoms with van der Waals surface area (Å²) in [7, 11) is 0. The Bertz CT molecular complexity index is 658. The molecule has 0 aliphatic rings. The molecule has 2 nitrogen and oxygen atoms in total. The van der Waals surface area contributed by atoms with E-state index in [4.69, 9.17) is 0 Å². The van der Waals surface area contributed by atoms with E-state index in [1.54, 1.807) is 0 Å². The van der Waals surface area contributed by atoms with Gasteiger partial charge in [0.15, 0.2) is 0 Å². The van der Waals surface area contributed by atoms with E-state index >= 15 is 0 Å². The molecule has 1 N–H and O–H groups in total. The first-order valence-corrected chi connectivity index (χ1v) is 5.95. The van der Waals surface area contributed by atoms with E-state index in [9.17, 15) is 31.4 Å². The number of alkyl halides is 5. The molecule has 2 aromatic rings. The van der Waals surface area contributed by atoms with Crippen molar-refractivity contribution < 1.29 is 31.4 Å². The molecule has 1 unspecified atom stereocenters. The molecule has 1 aromatic carbocycles. The van der Waals surface area contributed by atoms with E-state index in [1.807, 2.05) is 0 Å². The maximum absolute atomic E-state index is 13.9. The van der Waals surface area contributed by atoms with Crippen molar-refractivity contribution >= 4 is 0 Å². The van der Waals surface area contributed by atoms with Crippen LogP contribution in [0.2, 0.25) is 0 Å². The van der Waals surface area contributed by atoms with Crippen LogP contribution in [0.4, 0.5) is 26.3 Å². The van der Waals surface area contributed by atoms with Gasteiger partial charge in [-0.05, 0) is 29.8 Å². The highest BCUT2D eigenvalue weighted by Crippen LogP contribution is 2.51. The lowest BCUT2D eigenvalue weighted by Crippen LogP contribution is -2.56. The Morgan fingerprint density at radius 1 is 0.909 bits per heavy atom. The molecule has 1 heterocycles. The number of aromatic nitrogens is 1. The molecule has 118 valence electrons. The lowest BCUT2D eigenvalue weighted by molar-refractivity contribution is -0.337. The fourth-order valence-corrected chi connectivity index (χ4v) is 1.99. The summed E-state index contributed by atoms with van der Waals surface area (Å²) in [4.78, 5) is 3.38. The lowest BCUT2D eigenvalue weighted by Gasteiger charge is -2.36.